The van der Waals surface area contributed by atoms with Crippen LogP contribution in [0.5, 0.6) is 0 Å². The molecule has 1 heterocycles. The Morgan fingerprint density at radius 2 is 1.91 bits per heavy atom. The van der Waals surface area contributed by atoms with E-state index < -0.39 is 5.91 Å². The molecule has 6 nitrogen and oxygen atoms in total. The summed E-state index contributed by atoms with van der Waals surface area (Å²) >= 11 is 0. The highest BCUT2D eigenvalue weighted by atomic mass is 16.2. The molecule has 0 spiro atoms. The van der Waals surface area contributed by atoms with E-state index in [1.807, 2.05) is 31.2 Å². The molecule has 2 amide bonds. The molecule has 0 saturated carbocycles. The minimum absolute atomic E-state index is 0.0412. The molecular weight excluding hydrogens is 292 g/mol. The Balaban J connectivity index is 1.82. The van der Waals surface area contributed by atoms with Crippen LogP contribution in [0.25, 0.3) is 11.0 Å². The second kappa shape index (κ2) is 5.92. The summed E-state index contributed by atoms with van der Waals surface area (Å²) in [7, 11) is 0. The van der Waals surface area contributed by atoms with Crippen molar-refractivity contribution in [3.05, 3.63) is 59.4 Å². The number of hydrogen-bond acceptors (Lipinski definition) is 3. The fourth-order valence-corrected chi connectivity index (χ4v) is 2.29. The van der Waals surface area contributed by atoms with Crippen molar-refractivity contribution in [3.63, 3.8) is 0 Å². The first kappa shape index (κ1) is 14.8. The highest BCUT2D eigenvalue weighted by molar-refractivity contribution is 6.05. The minimum Gasteiger partial charge on any atom is -0.369 e. The maximum atomic E-state index is 12.3. The third kappa shape index (κ3) is 3.37. The van der Waals surface area contributed by atoms with Crippen molar-refractivity contribution in [1.82, 2.24) is 9.97 Å². The van der Waals surface area contributed by atoms with Crippen molar-refractivity contribution >= 4 is 28.5 Å². The molecule has 23 heavy (non-hydrogen) atoms. The SMILES string of the molecule is Cc1ccc(NC(=O)c2ccc3nc(CC(N)=O)[nH]c3c2)cc1. The number of fused-ring (bicyclic) bond motifs is 1. The van der Waals surface area contributed by atoms with Gasteiger partial charge in [-0.2, -0.15) is 0 Å². The van der Waals surface area contributed by atoms with Gasteiger partial charge in [-0.05, 0) is 37.3 Å². The standard InChI is InChI=1S/C17H16N4O2/c1-10-2-5-12(6-3-10)19-17(23)11-4-7-13-14(8-11)21-16(20-13)9-15(18)22/h2-8H,9H2,1H3,(H2,18,22)(H,19,23)(H,20,21). The molecule has 2 aromatic carbocycles. The van der Waals surface area contributed by atoms with Crippen molar-refractivity contribution in [1.29, 1.82) is 0 Å². The Kier molecular flexibility index (Phi) is 3.80. The molecule has 0 aliphatic heterocycles. The number of nitrogens with one attached hydrogen (secondary N) is 2. The molecule has 6 heteroatoms. The summed E-state index contributed by atoms with van der Waals surface area (Å²) in [6.45, 7) is 1.99. The lowest BCUT2D eigenvalue weighted by Crippen LogP contribution is -2.14. The second-order valence-corrected chi connectivity index (χ2v) is 5.38. The molecule has 0 aliphatic rings. The molecule has 3 rings (SSSR count). The number of nitrogens with zero attached hydrogens (tertiary/aromatic N) is 1. The Morgan fingerprint density at radius 1 is 1.17 bits per heavy atom. The monoisotopic (exact) mass is 308 g/mol. The van der Waals surface area contributed by atoms with E-state index in [-0.39, 0.29) is 12.3 Å². The van der Waals surface area contributed by atoms with Crippen LogP contribution in [0.15, 0.2) is 42.5 Å². The van der Waals surface area contributed by atoms with Crippen molar-refractivity contribution in [2.75, 3.05) is 5.32 Å². The second-order valence-electron chi connectivity index (χ2n) is 5.38. The zero-order valence-electron chi connectivity index (χ0n) is 12.6. The number of aromatic amines is 1. The Morgan fingerprint density at radius 3 is 2.61 bits per heavy atom. The molecule has 3 aromatic rings. The highest BCUT2D eigenvalue weighted by Crippen LogP contribution is 2.16. The van der Waals surface area contributed by atoms with Gasteiger partial charge in [-0.3, -0.25) is 9.59 Å². The van der Waals surface area contributed by atoms with Crippen LogP contribution >= 0.6 is 0 Å². The van der Waals surface area contributed by atoms with Crippen LogP contribution in [0.3, 0.4) is 0 Å². The van der Waals surface area contributed by atoms with Gasteiger partial charge in [0, 0.05) is 11.3 Å². The van der Waals surface area contributed by atoms with Crippen molar-refractivity contribution in [2.45, 2.75) is 13.3 Å². The summed E-state index contributed by atoms with van der Waals surface area (Å²) in [5.74, 6) is -0.174. The summed E-state index contributed by atoms with van der Waals surface area (Å²) in [6, 6.07) is 12.7. The zero-order valence-corrected chi connectivity index (χ0v) is 12.6. The summed E-state index contributed by atoms with van der Waals surface area (Å²) < 4.78 is 0. The van der Waals surface area contributed by atoms with E-state index in [4.69, 9.17) is 5.73 Å². The van der Waals surface area contributed by atoms with Gasteiger partial charge in [0.1, 0.15) is 5.82 Å². The third-order valence-corrected chi connectivity index (χ3v) is 3.44. The number of anilines is 1. The predicted molar refractivity (Wildman–Crippen MR) is 88.1 cm³/mol. The van der Waals surface area contributed by atoms with Gasteiger partial charge in [0.25, 0.3) is 5.91 Å². The third-order valence-electron chi connectivity index (χ3n) is 3.44. The maximum absolute atomic E-state index is 12.3. The first-order valence-electron chi connectivity index (χ1n) is 7.16. The van der Waals surface area contributed by atoms with Crippen LogP contribution in [0.4, 0.5) is 5.69 Å². The molecule has 0 atom stereocenters. The Bertz CT molecular complexity index is 881. The number of carbonyl (C=O) groups is 2. The highest BCUT2D eigenvalue weighted by Gasteiger charge is 2.10. The van der Waals surface area contributed by atoms with E-state index >= 15 is 0 Å². The van der Waals surface area contributed by atoms with Crippen molar-refractivity contribution in [3.8, 4) is 0 Å². The van der Waals surface area contributed by atoms with E-state index in [2.05, 4.69) is 15.3 Å². The lowest BCUT2D eigenvalue weighted by Gasteiger charge is -2.05. The largest absolute Gasteiger partial charge is 0.369 e. The fourth-order valence-electron chi connectivity index (χ4n) is 2.29. The number of rotatable bonds is 4. The number of hydrogen-bond donors (Lipinski definition) is 3. The smallest absolute Gasteiger partial charge is 0.255 e. The maximum Gasteiger partial charge on any atom is 0.255 e. The molecule has 0 aliphatic carbocycles. The van der Waals surface area contributed by atoms with Crippen LogP contribution in [-0.4, -0.2) is 21.8 Å². The first-order valence-corrected chi connectivity index (χ1v) is 7.16. The number of aryl methyl sites for hydroxylation is 1. The Labute approximate surface area is 132 Å². The van der Waals surface area contributed by atoms with Crippen molar-refractivity contribution < 1.29 is 9.59 Å². The van der Waals surface area contributed by atoms with E-state index in [1.165, 1.54) is 0 Å². The molecule has 0 bridgehead atoms. The lowest BCUT2D eigenvalue weighted by molar-refractivity contribution is -0.117. The molecular formula is C17H16N4O2. The number of H-pyrrole nitrogens is 1. The van der Waals surface area contributed by atoms with Gasteiger partial charge in [-0.15, -0.1) is 0 Å². The average Bonchev–Trinajstić information content (AvgIpc) is 2.89. The van der Waals surface area contributed by atoms with Gasteiger partial charge < -0.3 is 16.0 Å². The zero-order chi connectivity index (χ0) is 16.4. The van der Waals surface area contributed by atoms with E-state index in [9.17, 15) is 9.59 Å². The summed E-state index contributed by atoms with van der Waals surface area (Å²) in [6.07, 6.45) is 0.0412. The van der Waals surface area contributed by atoms with Crippen LogP contribution < -0.4 is 11.1 Å². The van der Waals surface area contributed by atoms with E-state index in [0.717, 1.165) is 11.3 Å². The van der Waals surface area contributed by atoms with Gasteiger partial charge in [0.05, 0.1) is 17.5 Å². The number of benzene rings is 2. The van der Waals surface area contributed by atoms with Crippen LogP contribution in [0, 0.1) is 6.92 Å². The van der Waals surface area contributed by atoms with Gasteiger partial charge in [-0.25, -0.2) is 4.98 Å². The molecule has 0 unspecified atom stereocenters. The van der Waals surface area contributed by atoms with Crippen LogP contribution in [-0.2, 0) is 11.2 Å². The molecule has 116 valence electrons. The number of nitrogens with two attached hydrogens (primary N) is 1. The van der Waals surface area contributed by atoms with Gasteiger partial charge in [0.15, 0.2) is 0 Å². The van der Waals surface area contributed by atoms with E-state index in [1.54, 1.807) is 18.2 Å². The van der Waals surface area contributed by atoms with Crippen molar-refractivity contribution in [2.24, 2.45) is 5.73 Å². The molecule has 4 N–H and O–H groups in total. The normalized spacial score (nSPS) is 10.7. The molecule has 0 fully saturated rings. The first-order chi connectivity index (χ1) is 11.0. The van der Waals surface area contributed by atoms with Gasteiger partial charge in [0.2, 0.25) is 5.91 Å². The number of imidazole rings is 1. The Hall–Kier alpha value is -3.15. The minimum atomic E-state index is -0.457. The number of primary amides is 1. The van der Waals surface area contributed by atoms with Crippen LogP contribution in [0.2, 0.25) is 0 Å². The van der Waals surface area contributed by atoms with Crippen LogP contribution in [0.1, 0.15) is 21.7 Å². The van der Waals surface area contributed by atoms with E-state index in [0.29, 0.717) is 22.4 Å². The molecule has 1 aromatic heterocycles. The predicted octanol–water partition coefficient (Wildman–Crippen LogP) is 2.15. The molecule has 0 saturated heterocycles. The van der Waals surface area contributed by atoms with Gasteiger partial charge in [-0.1, -0.05) is 17.7 Å². The van der Waals surface area contributed by atoms with Gasteiger partial charge >= 0.3 is 0 Å². The summed E-state index contributed by atoms with van der Waals surface area (Å²) in [5, 5.41) is 2.84. The number of amides is 2. The number of carbonyl (C=O) groups excluding carboxylic acids is 2. The quantitative estimate of drug-likeness (QED) is 0.688. The average molecular weight is 308 g/mol. The number of aromatic nitrogens is 2. The summed E-state index contributed by atoms with van der Waals surface area (Å²) in [5.41, 5.74) is 8.91. The fraction of sp³-hybridized carbons (Fsp3) is 0.118. The topological polar surface area (TPSA) is 101 Å². The summed E-state index contributed by atoms with van der Waals surface area (Å²) in [4.78, 5) is 30.5. The molecule has 0 radical (unpaired) electrons. The lowest BCUT2D eigenvalue weighted by atomic mass is 10.1.